The number of thiophene rings is 1. The summed E-state index contributed by atoms with van der Waals surface area (Å²) in [6, 6.07) is 10.7. The number of nitrogens with two attached hydrogens (primary N) is 1. The summed E-state index contributed by atoms with van der Waals surface area (Å²) in [4.78, 5) is 16.2. The van der Waals surface area contributed by atoms with Crippen LogP contribution in [0.3, 0.4) is 0 Å². The molecule has 0 saturated carbocycles. The van der Waals surface area contributed by atoms with Gasteiger partial charge in [-0.3, -0.25) is 4.79 Å². The van der Waals surface area contributed by atoms with Crippen LogP contribution in [0.15, 0.2) is 36.4 Å². The zero-order valence-corrected chi connectivity index (χ0v) is 14.6. The van der Waals surface area contributed by atoms with Crippen LogP contribution >= 0.6 is 11.3 Å². The second kappa shape index (κ2) is 7.70. The van der Waals surface area contributed by atoms with Gasteiger partial charge in [0.25, 0.3) is 0 Å². The summed E-state index contributed by atoms with van der Waals surface area (Å²) in [6.07, 6.45) is 0. The number of hydrogen-bond donors (Lipinski definition) is 1. The zero-order valence-electron chi connectivity index (χ0n) is 13.8. The maximum absolute atomic E-state index is 13.9. The van der Waals surface area contributed by atoms with Crippen LogP contribution in [0.1, 0.15) is 25.6 Å². The van der Waals surface area contributed by atoms with Crippen molar-refractivity contribution < 1.29 is 9.18 Å². The predicted octanol–water partition coefficient (Wildman–Crippen LogP) is 3.89. The number of carbonyl (C=O) groups excluding carboxylic acids is 1. The number of amides is 1. The second-order valence-electron chi connectivity index (χ2n) is 5.94. The number of nitrogens with zero attached hydrogens (tertiary/aromatic N) is 1. The lowest BCUT2D eigenvalue weighted by Crippen LogP contribution is -2.41. The smallest absolute Gasteiger partial charge is 0.227 e. The third-order valence-electron chi connectivity index (χ3n) is 3.81. The van der Waals surface area contributed by atoms with Gasteiger partial charge in [-0.2, -0.15) is 0 Å². The summed E-state index contributed by atoms with van der Waals surface area (Å²) in [5.74, 6) is -0.360. The topological polar surface area (TPSA) is 46.3 Å². The average molecular weight is 334 g/mol. The van der Waals surface area contributed by atoms with Crippen molar-refractivity contribution in [2.75, 3.05) is 6.54 Å². The molecule has 5 heteroatoms. The van der Waals surface area contributed by atoms with Crippen molar-refractivity contribution in [1.29, 1.82) is 0 Å². The van der Waals surface area contributed by atoms with Crippen LogP contribution in [0.5, 0.6) is 0 Å². The molecule has 2 aromatic rings. The minimum absolute atomic E-state index is 0.0586. The molecule has 0 bridgehead atoms. The van der Waals surface area contributed by atoms with Crippen molar-refractivity contribution in [3.05, 3.63) is 47.1 Å². The third kappa shape index (κ3) is 4.18. The molecule has 0 aliphatic carbocycles. The monoisotopic (exact) mass is 334 g/mol. The summed E-state index contributed by atoms with van der Waals surface area (Å²) in [7, 11) is 0. The molecule has 0 radical (unpaired) electrons. The first-order valence-electron chi connectivity index (χ1n) is 7.78. The van der Waals surface area contributed by atoms with Crippen molar-refractivity contribution in [2.45, 2.75) is 33.4 Å². The third-order valence-corrected chi connectivity index (χ3v) is 4.91. The van der Waals surface area contributed by atoms with Crippen LogP contribution in [-0.2, 0) is 11.3 Å². The van der Waals surface area contributed by atoms with E-state index in [2.05, 4.69) is 0 Å². The Bertz CT molecular complexity index is 669. The number of carbonyl (C=O) groups is 1. The molecule has 1 aromatic carbocycles. The fourth-order valence-corrected chi connectivity index (χ4v) is 3.37. The lowest BCUT2D eigenvalue weighted by Gasteiger charge is -2.28. The molecular weight excluding hydrogens is 311 g/mol. The van der Waals surface area contributed by atoms with Crippen molar-refractivity contribution in [3.8, 4) is 10.4 Å². The molecule has 1 amide bonds. The molecule has 124 valence electrons. The van der Waals surface area contributed by atoms with E-state index in [1.165, 1.54) is 17.4 Å². The SMILES string of the molecule is CC(CN)C(=O)N(Cc1ccc(-c2ccccc2F)s1)C(C)C. The highest BCUT2D eigenvalue weighted by Crippen LogP contribution is 2.31. The molecule has 0 aliphatic heterocycles. The Balaban J connectivity index is 2.19. The van der Waals surface area contributed by atoms with Crippen LogP contribution < -0.4 is 5.73 Å². The van der Waals surface area contributed by atoms with Crippen LogP contribution in [0.25, 0.3) is 10.4 Å². The highest BCUT2D eigenvalue weighted by molar-refractivity contribution is 7.15. The van der Waals surface area contributed by atoms with E-state index in [0.29, 0.717) is 18.7 Å². The lowest BCUT2D eigenvalue weighted by molar-refractivity contribution is -0.137. The van der Waals surface area contributed by atoms with E-state index in [4.69, 9.17) is 5.73 Å². The standard InChI is InChI=1S/C18H23FN2OS/c1-12(2)21(18(22)13(3)10-20)11-14-8-9-17(23-14)15-6-4-5-7-16(15)19/h4-9,12-13H,10-11,20H2,1-3H3. The van der Waals surface area contributed by atoms with E-state index >= 15 is 0 Å². The number of benzene rings is 1. The molecule has 0 fully saturated rings. The van der Waals surface area contributed by atoms with Crippen molar-refractivity contribution in [3.63, 3.8) is 0 Å². The van der Waals surface area contributed by atoms with Crippen LogP contribution in [0.2, 0.25) is 0 Å². The minimum atomic E-state index is -0.227. The molecular formula is C18H23FN2OS. The van der Waals surface area contributed by atoms with Gasteiger partial charge in [-0.25, -0.2) is 4.39 Å². The van der Waals surface area contributed by atoms with E-state index < -0.39 is 0 Å². The van der Waals surface area contributed by atoms with Crippen LogP contribution in [0.4, 0.5) is 4.39 Å². The lowest BCUT2D eigenvalue weighted by atomic mass is 10.1. The van der Waals surface area contributed by atoms with Gasteiger partial charge in [-0.05, 0) is 32.0 Å². The molecule has 1 aromatic heterocycles. The van der Waals surface area contributed by atoms with E-state index in [1.807, 2.05) is 43.9 Å². The van der Waals surface area contributed by atoms with Crippen molar-refractivity contribution >= 4 is 17.2 Å². The van der Waals surface area contributed by atoms with E-state index in [0.717, 1.165) is 9.75 Å². The maximum Gasteiger partial charge on any atom is 0.227 e. The molecule has 2 N–H and O–H groups in total. The average Bonchev–Trinajstić information content (AvgIpc) is 2.99. The van der Waals surface area contributed by atoms with Gasteiger partial charge in [0, 0.05) is 33.8 Å². The number of halogens is 1. The highest BCUT2D eigenvalue weighted by Gasteiger charge is 2.22. The van der Waals surface area contributed by atoms with E-state index in [-0.39, 0.29) is 23.7 Å². The molecule has 1 atom stereocenters. The quantitative estimate of drug-likeness (QED) is 0.871. The molecule has 0 aliphatic rings. The zero-order chi connectivity index (χ0) is 17.0. The summed E-state index contributed by atoms with van der Waals surface area (Å²) < 4.78 is 13.9. The van der Waals surface area contributed by atoms with Gasteiger partial charge < -0.3 is 10.6 Å². The van der Waals surface area contributed by atoms with E-state index in [9.17, 15) is 9.18 Å². The largest absolute Gasteiger partial charge is 0.335 e. The molecule has 2 rings (SSSR count). The van der Waals surface area contributed by atoms with Gasteiger partial charge in [-0.1, -0.05) is 25.1 Å². The van der Waals surface area contributed by atoms with Crippen LogP contribution in [0, 0.1) is 11.7 Å². The second-order valence-corrected chi connectivity index (χ2v) is 7.11. The van der Waals surface area contributed by atoms with Gasteiger partial charge in [0.05, 0.1) is 6.54 Å². The Morgan fingerprint density at radius 3 is 2.52 bits per heavy atom. The Labute approximate surface area is 140 Å². The highest BCUT2D eigenvalue weighted by atomic mass is 32.1. The first kappa shape index (κ1) is 17.6. The van der Waals surface area contributed by atoms with Crippen molar-refractivity contribution in [1.82, 2.24) is 4.90 Å². The normalized spacial score (nSPS) is 12.4. The Morgan fingerprint density at radius 2 is 1.91 bits per heavy atom. The molecule has 23 heavy (non-hydrogen) atoms. The molecule has 1 unspecified atom stereocenters. The van der Waals surface area contributed by atoms with E-state index in [1.54, 1.807) is 12.1 Å². The molecule has 3 nitrogen and oxygen atoms in total. The minimum Gasteiger partial charge on any atom is -0.335 e. The van der Waals surface area contributed by atoms with Crippen molar-refractivity contribution in [2.24, 2.45) is 11.7 Å². The molecule has 1 heterocycles. The predicted molar refractivity (Wildman–Crippen MR) is 93.6 cm³/mol. The first-order chi connectivity index (χ1) is 10.9. The maximum atomic E-state index is 13.9. The first-order valence-corrected chi connectivity index (χ1v) is 8.59. The summed E-state index contributed by atoms with van der Waals surface area (Å²) >= 11 is 1.52. The fourth-order valence-electron chi connectivity index (χ4n) is 2.34. The Hall–Kier alpha value is -1.72. The van der Waals surface area contributed by atoms with Gasteiger partial charge in [0.1, 0.15) is 5.82 Å². The summed E-state index contributed by atoms with van der Waals surface area (Å²) in [5.41, 5.74) is 6.21. The summed E-state index contributed by atoms with van der Waals surface area (Å²) in [6.45, 7) is 6.70. The van der Waals surface area contributed by atoms with Gasteiger partial charge in [0.15, 0.2) is 0 Å². The number of rotatable bonds is 6. The van der Waals surface area contributed by atoms with Gasteiger partial charge in [0.2, 0.25) is 5.91 Å². The Kier molecular flexibility index (Phi) is 5.91. The molecule has 0 saturated heterocycles. The molecule has 0 spiro atoms. The van der Waals surface area contributed by atoms with Gasteiger partial charge in [-0.15, -0.1) is 11.3 Å². The van der Waals surface area contributed by atoms with Gasteiger partial charge >= 0.3 is 0 Å². The summed E-state index contributed by atoms with van der Waals surface area (Å²) in [5, 5.41) is 0. The fraction of sp³-hybridized carbons (Fsp3) is 0.389. The Morgan fingerprint density at radius 1 is 1.22 bits per heavy atom. The van der Waals surface area contributed by atoms with Crippen LogP contribution in [-0.4, -0.2) is 23.4 Å². The number of hydrogen-bond acceptors (Lipinski definition) is 3.